The van der Waals surface area contributed by atoms with E-state index in [9.17, 15) is 0 Å². The monoisotopic (exact) mass is 316 g/mol. The Morgan fingerprint density at radius 1 is 0.684 bits per heavy atom. The van der Waals surface area contributed by atoms with E-state index in [0.29, 0.717) is 19.8 Å². The van der Waals surface area contributed by atoms with Gasteiger partial charge >= 0.3 is 0 Å². The standard InChI is InChI=1S/C12H27O3P.H3O2P/c13-7-1-4-10-16(11-5-2-8-14)12-6-3-9-15;1-3-2/h13-15H,1-12H2;3H2,(H,1,2). The van der Waals surface area contributed by atoms with Gasteiger partial charge in [0.15, 0.2) is 8.69 Å². The van der Waals surface area contributed by atoms with Crippen LogP contribution in [0, 0.1) is 0 Å². The molecule has 0 aliphatic carbocycles. The van der Waals surface area contributed by atoms with Crippen molar-refractivity contribution in [3.8, 4) is 0 Å². The van der Waals surface area contributed by atoms with Gasteiger partial charge in [-0.2, -0.15) is 0 Å². The highest BCUT2D eigenvalue weighted by Gasteiger charge is 2.07. The Bertz CT molecular complexity index is 148. The minimum absolute atomic E-state index is 0.0712. The van der Waals surface area contributed by atoms with Gasteiger partial charge in [0.25, 0.3) is 0 Å². The Kier molecular flexibility index (Phi) is 23.9. The summed E-state index contributed by atoms with van der Waals surface area (Å²) >= 11 is 0. The lowest BCUT2D eigenvalue weighted by Crippen LogP contribution is -1.99. The normalized spacial score (nSPS) is 11.0. The van der Waals surface area contributed by atoms with Crippen molar-refractivity contribution in [3.63, 3.8) is 0 Å². The summed E-state index contributed by atoms with van der Waals surface area (Å²) in [6, 6.07) is 0. The van der Waals surface area contributed by atoms with E-state index in [1.807, 2.05) is 0 Å². The molecule has 19 heavy (non-hydrogen) atoms. The van der Waals surface area contributed by atoms with Gasteiger partial charge in [-0.1, -0.05) is 0 Å². The zero-order chi connectivity index (χ0) is 14.8. The molecule has 0 rings (SSSR count). The molecular formula is C12H30O5P2. The van der Waals surface area contributed by atoms with Crippen LogP contribution in [0.4, 0.5) is 0 Å². The first kappa shape index (κ1) is 21.8. The molecule has 0 aliphatic heterocycles. The predicted octanol–water partition coefficient (Wildman–Crippen LogP) is 1.44. The van der Waals surface area contributed by atoms with Gasteiger partial charge in [-0.05, 0) is 57.0 Å². The summed E-state index contributed by atoms with van der Waals surface area (Å²) in [5.41, 5.74) is 0. The van der Waals surface area contributed by atoms with Crippen LogP contribution in [0.2, 0.25) is 0 Å². The Morgan fingerprint density at radius 3 is 1.16 bits per heavy atom. The van der Waals surface area contributed by atoms with E-state index >= 15 is 0 Å². The number of aliphatic hydroxyl groups is 3. The van der Waals surface area contributed by atoms with Gasteiger partial charge in [-0.25, -0.2) is 0 Å². The third-order valence-corrected chi connectivity index (χ3v) is 5.49. The molecule has 0 aromatic carbocycles. The molecule has 7 heteroatoms. The number of aliphatic hydroxyl groups excluding tert-OH is 3. The summed E-state index contributed by atoms with van der Waals surface area (Å²) in [6.07, 6.45) is 9.85. The van der Waals surface area contributed by atoms with Gasteiger partial charge in [0.2, 0.25) is 0 Å². The van der Waals surface area contributed by atoms with Crippen molar-refractivity contribution in [3.05, 3.63) is 0 Å². The molecule has 0 saturated heterocycles. The van der Waals surface area contributed by atoms with Crippen LogP contribution in [0.5, 0.6) is 0 Å². The minimum atomic E-state index is -1.50. The Balaban J connectivity index is 0. The molecule has 0 spiro atoms. The van der Waals surface area contributed by atoms with E-state index in [4.69, 9.17) is 24.8 Å². The highest BCUT2D eigenvalue weighted by Crippen LogP contribution is 2.38. The van der Waals surface area contributed by atoms with Gasteiger partial charge in [0.1, 0.15) is 0 Å². The number of hydrogen-bond donors (Lipinski definition) is 4. The smallest absolute Gasteiger partial charge is 0.177 e. The Hall–Kier alpha value is 0.500. The van der Waals surface area contributed by atoms with Crippen LogP contribution < -0.4 is 0 Å². The number of hydrogen-bond acceptors (Lipinski definition) is 4. The van der Waals surface area contributed by atoms with Crippen molar-refractivity contribution in [1.82, 2.24) is 0 Å². The molecule has 4 N–H and O–H groups in total. The van der Waals surface area contributed by atoms with E-state index in [2.05, 4.69) is 0 Å². The molecular weight excluding hydrogens is 286 g/mol. The summed E-state index contributed by atoms with van der Waals surface area (Å²) in [6.45, 7) is 0.906. The van der Waals surface area contributed by atoms with E-state index in [1.54, 1.807) is 0 Å². The molecule has 5 nitrogen and oxygen atoms in total. The van der Waals surface area contributed by atoms with E-state index in [0.717, 1.165) is 38.5 Å². The molecule has 0 fully saturated rings. The van der Waals surface area contributed by atoms with Crippen LogP contribution in [0.15, 0.2) is 0 Å². The van der Waals surface area contributed by atoms with Crippen LogP contribution >= 0.6 is 16.6 Å². The topological polar surface area (TPSA) is 98.0 Å². The second-order valence-corrected chi connectivity index (χ2v) is 7.13. The van der Waals surface area contributed by atoms with Crippen molar-refractivity contribution in [2.45, 2.75) is 38.5 Å². The van der Waals surface area contributed by atoms with Crippen LogP contribution in [-0.2, 0) is 4.57 Å². The van der Waals surface area contributed by atoms with Crippen molar-refractivity contribution in [2.75, 3.05) is 38.3 Å². The number of rotatable bonds is 12. The highest BCUT2D eigenvalue weighted by atomic mass is 31.1. The molecule has 0 aromatic rings. The van der Waals surface area contributed by atoms with Crippen molar-refractivity contribution in [1.29, 1.82) is 0 Å². The number of unbranched alkanes of at least 4 members (excludes halogenated alkanes) is 3. The van der Waals surface area contributed by atoms with Gasteiger partial charge in [0.05, 0.1) is 0 Å². The summed E-state index contributed by atoms with van der Waals surface area (Å²) in [5.74, 6) is 0. The maximum atomic E-state index is 8.75. The first-order valence-electron chi connectivity index (χ1n) is 6.89. The quantitative estimate of drug-likeness (QED) is 0.323. The maximum absolute atomic E-state index is 8.75. The molecule has 0 radical (unpaired) electrons. The van der Waals surface area contributed by atoms with Crippen molar-refractivity contribution in [2.24, 2.45) is 0 Å². The minimum Gasteiger partial charge on any atom is -0.396 e. The van der Waals surface area contributed by atoms with Gasteiger partial charge < -0.3 is 20.2 Å². The third-order valence-electron chi connectivity index (χ3n) is 2.65. The second kappa shape index (κ2) is 20.8. The maximum Gasteiger partial charge on any atom is 0.177 e. The molecule has 1 unspecified atom stereocenters. The Labute approximate surface area is 119 Å². The third kappa shape index (κ3) is 21.0. The average molecular weight is 316 g/mol. The van der Waals surface area contributed by atoms with Crippen molar-refractivity contribution >= 4 is 16.6 Å². The molecule has 1 atom stereocenters. The molecule has 0 saturated carbocycles. The highest BCUT2D eigenvalue weighted by molar-refractivity contribution is 7.57. The Morgan fingerprint density at radius 2 is 0.947 bits per heavy atom. The second-order valence-electron chi connectivity index (χ2n) is 4.24. The van der Waals surface area contributed by atoms with E-state index in [1.165, 1.54) is 18.5 Å². The molecule has 0 aliphatic rings. The molecule has 0 aromatic heterocycles. The first-order valence-corrected chi connectivity index (χ1v) is 9.78. The van der Waals surface area contributed by atoms with Gasteiger partial charge in [0, 0.05) is 19.8 Å². The predicted molar refractivity (Wildman–Crippen MR) is 83.1 cm³/mol. The van der Waals surface area contributed by atoms with Crippen LogP contribution in [0.25, 0.3) is 0 Å². The largest absolute Gasteiger partial charge is 0.396 e. The molecule has 0 amide bonds. The summed E-state index contributed by atoms with van der Waals surface area (Å²) < 4.78 is 8.57. The first-order chi connectivity index (χ1) is 9.26. The zero-order valence-corrected chi connectivity index (χ0v) is 13.8. The lowest BCUT2D eigenvalue weighted by atomic mass is 10.3. The fourth-order valence-electron chi connectivity index (χ4n) is 1.68. The van der Waals surface area contributed by atoms with Crippen LogP contribution in [-0.4, -0.2) is 58.5 Å². The lowest BCUT2D eigenvalue weighted by molar-refractivity contribution is 0.286. The average Bonchev–Trinajstić information content (AvgIpc) is 2.40. The van der Waals surface area contributed by atoms with Gasteiger partial charge in [-0.15, -0.1) is 7.92 Å². The zero-order valence-electron chi connectivity index (χ0n) is 11.7. The molecule has 0 bridgehead atoms. The van der Waals surface area contributed by atoms with Gasteiger partial charge in [-0.3, -0.25) is 4.57 Å². The molecule has 118 valence electrons. The SMILES string of the molecule is O=[PH2]O.OCCCCP(CCCCO)CCCCO. The summed E-state index contributed by atoms with van der Waals surface area (Å²) in [5, 5.41) is 26.2. The van der Waals surface area contributed by atoms with Crippen molar-refractivity contribution < 1.29 is 24.8 Å². The fraction of sp³-hybridized carbons (Fsp3) is 1.00. The van der Waals surface area contributed by atoms with E-state index < -0.39 is 8.69 Å². The van der Waals surface area contributed by atoms with Crippen LogP contribution in [0.3, 0.4) is 0 Å². The van der Waals surface area contributed by atoms with E-state index in [-0.39, 0.29) is 7.92 Å². The summed E-state index contributed by atoms with van der Waals surface area (Å²) in [7, 11) is -1.43. The summed E-state index contributed by atoms with van der Waals surface area (Å²) in [4.78, 5) is 7.10. The van der Waals surface area contributed by atoms with Crippen LogP contribution in [0.1, 0.15) is 38.5 Å². The molecule has 0 heterocycles. The lowest BCUT2D eigenvalue weighted by Gasteiger charge is -2.17. The fourth-order valence-corrected chi connectivity index (χ4v) is 4.36.